The second-order valence-electron chi connectivity index (χ2n) is 21.8. The first kappa shape index (κ1) is 74.8. The van der Waals surface area contributed by atoms with E-state index in [0.29, 0.717) is 5.56 Å². The summed E-state index contributed by atoms with van der Waals surface area (Å²) < 4.78 is 5.68. The Labute approximate surface area is 623 Å². The van der Waals surface area contributed by atoms with E-state index in [4.69, 9.17) is 30.1 Å². The Kier molecular flexibility index (Phi) is 30.9. The van der Waals surface area contributed by atoms with Gasteiger partial charge in [0.25, 0.3) is 0 Å². The van der Waals surface area contributed by atoms with Crippen LogP contribution in [0.1, 0.15) is 33.4 Å². The average molecular weight is 2020 g/mol. The molecular formula is C85H66Au4OP4+4. The fraction of sp³-hybridized carbons (Fsp3) is 0.0588. The van der Waals surface area contributed by atoms with Gasteiger partial charge in [-0.15, -0.1) is 64.7 Å². The molecular weight excluding hydrogens is 1950 g/mol. The van der Waals surface area contributed by atoms with Crippen LogP contribution in [-0.4, -0.2) is 24.6 Å². The summed E-state index contributed by atoms with van der Waals surface area (Å²) in [6, 6.07) is 112. The molecule has 1 heterocycles. The molecule has 0 N–H and O–H groups in total. The van der Waals surface area contributed by atoms with E-state index >= 15 is 0 Å². The molecule has 9 heteroatoms. The van der Waals surface area contributed by atoms with Crippen molar-refractivity contribution < 1.29 is 93.9 Å². The minimum atomic E-state index is -0.783. The summed E-state index contributed by atoms with van der Waals surface area (Å²) >= 11 is 0. The number of hydrogen-bond donors (Lipinski definition) is 0. The molecule has 13 aromatic rings. The standard InChI is InChI=1S/2C26H24P2.C17H8.C16H6O.4Au/c2*1-5-13-23(14-6-1)27(24-15-7-2-8-16-24)21-22-28(25-17-9-3-10-18-25)26-19-11-4-12-20-26;1-3-12-6-8-16-15(9-12)11-14-7-5-13(4-2)10-17(14)16;1-3-11-6-8-15-14(9-11)13-7-5-12(4-2)10-16(13)17-15;;;;/h2*1-20H,21-22H2;5-10H,11H2;5-10H;;;;/q;;2*-2;4*+1/p+4. The Morgan fingerprint density at radius 3 is 0.883 bits per heavy atom. The van der Waals surface area contributed by atoms with Gasteiger partial charge in [-0.05, 0) is 126 Å². The third kappa shape index (κ3) is 19.8. The number of furan rings is 1. The molecule has 0 fully saturated rings. The molecule has 0 saturated carbocycles. The fourth-order valence-corrected chi connectivity index (χ4v) is 24.1. The monoisotopic (exact) mass is 2010 g/mol. The second-order valence-corrected chi connectivity index (χ2v) is 32.2. The quantitative estimate of drug-likeness (QED) is 0.0458. The molecule has 0 radical (unpaired) electrons. The molecule has 12 aromatic carbocycles. The van der Waals surface area contributed by atoms with E-state index in [1.54, 1.807) is 12.1 Å². The van der Waals surface area contributed by atoms with Gasteiger partial charge in [0.15, 0.2) is 0 Å². The topological polar surface area (TPSA) is 13.1 Å². The maximum Gasteiger partial charge on any atom is 1.00 e. The molecule has 0 bridgehead atoms. The second kappa shape index (κ2) is 38.8. The van der Waals surface area contributed by atoms with Crippen molar-refractivity contribution in [2.45, 2.75) is 6.42 Å². The summed E-state index contributed by atoms with van der Waals surface area (Å²) in [5.74, 6) is 9.53. The molecule has 1 aliphatic carbocycles. The van der Waals surface area contributed by atoms with Crippen LogP contribution in [0.5, 0.6) is 0 Å². The van der Waals surface area contributed by atoms with Gasteiger partial charge in [0.05, 0.1) is 74.1 Å². The van der Waals surface area contributed by atoms with Crippen molar-refractivity contribution in [1.82, 2.24) is 0 Å². The zero-order chi connectivity index (χ0) is 61.7. The number of benzene rings is 12. The van der Waals surface area contributed by atoms with Gasteiger partial charge in [0.1, 0.15) is 35.8 Å². The summed E-state index contributed by atoms with van der Waals surface area (Å²) in [5, 5.41) is 14.1. The third-order valence-corrected chi connectivity index (χ3v) is 28.4. The minimum Gasteiger partial charge on any atom is -0.458 e. The van der Waals surface area contributed by atoms with Gasteiger partial charge in [-0.25, -0.2) is 0 Å². The van der Waals surface area contributed by atoms with E-state index in [2.05, 4.69) is 272 Å². The third-order valence-electron chi connectivity index (χ3n) is 16.2. The van der Waals surface area contributed by atoms with Crippen LogP contribution in [0.25, 0.3) is 33.1 Å². The molecule has 0 saturated heterocycles. The van der Waals surface area contributed by atoms with Crippen LogP contribution < -0.4 is 42.4 Å². The Balaban J connectivity index is 0.000000179. The Bertz CT molecular complexity index is 4140. The van der Waals surface area contributed by atoms with E-state index in [1.807, 2.05) is 54.6 Å². The van der Waals surface area contributed by atoms with Gasteiger partial charge in [0.2, 0.25) is 0 Å². The molecule has 472 valence electrons. The van der Waals surface area contributed by atoms with Gasteiger partial charge in [-0.2, -0.15) is 0 Å². The van der Waals surface area contributed by atoms with Gasteiger partial charge in [-0.1, -0.05) is 175 Å². The molecule has 1 nitrogen and oxygen atoms in total. The normalized spacial score (nSPS) is 10.5. The number of fused-ring (bicyclic) bond motifs is 6. The molecule has 1 aromatic heterocycles. The van der Waals surface area contributed by atoms with Crippen molar-refractivity contribution in [3.8, 4) is 34.8 Å². The van der Waals surface area contributed by atoms with Crippen molar-refractivity contribution in [2.24, 2.45) is 0 Å². The minimum absolute atomic E-state index is 0. The first-order chi connectivity index (χ1) is 44.5. The van der Waals surface area contributed by atoms with Crippen molar-refractivity contribution in [1.29, 1.82) is 0 Å². The smallest absolute Gasteiger partial charge is 0.458 e. The Morgan fingerprint density at radius 1 is 0.255 bits per heavy atom. The van der Waals surface area contributed by atoms with Crippen LogP contribution in [0.15, 0.2) is 320 Å². The first-order valence-electron chi connectivity index (χ1n) is 30.3. The zero-order valence-electron chi connectivity index (χ0n) is 51.2. The van der Waals surface area contributed by atoms with Crippen LogP contribution in [0.3, 0.4) is 0 Å². The predicted octanol–water partition coefficient (Wildman–Crippen LogP) is 16.0. The molecule has 14 rings (SSSR count). The van der Waals surface area contributed by atoms with Crippen LogP contribution in [-0.2, 0) is 95.9 Å². The van der Waals surface area contributed by atoms with E-state index < -0.39 is 31.7 Å². The SMILES string of the molecule is [Au+].[Au+].[Au+].[Au+].[C-]#Cc1ccc2c(c1)Cc1ccc(C#[C-])cc1-2.[C-]#Cc1ccc2c(c1)oc1ccc(C#[C-])cc12.c1ccc([PH+](CC[PH+](c2ccccc2)c2ccccc2)c2ccccc2)cc1.c1ccc([PH+](CC[PH+](c2ccccc2)c2ccccc2)c2ccccc2)cc1. The molecule has 0 spiro atoms. The summed E-state index contributed by atoms with van der Waals surface area (Å²) in [7, 11) is -3.13. The first-order valence-corrected chi connectivity index (χ1v) is 37.1. The average Bonchev–Trinajstić information content (AvgIpc) is 1.63. The molecule has 0 atom stereocenters. The summed E-state index contributed by atoms with van der Waals surface area (Å²) in [6.07, 6.45) is 34.5. The zero-order valence-corrected chi connectivity index (χ0v) is 63.8. The summed E-state index contributed by atoms with van der Waals surface area (Å²) in [4.78, 5) is 0. The maximum atomic E-state index is 7.17. The van der Waals surface area contributed by atoms with Gasteiger partial charge in [0, 0.05) is 10.8 Å². The molecule has 0 unspecified atom stereocenters. The molecule has 0 amide bonds. The van der Waals surface area contributed by atoms with E-state index in [0.717, 1.165) is 45.0 Å². The van der Waals surface area contributed by atoms with Gasteiger partial charge >= 0.3 is 89.5 Å². The Hall–Kier alpha value is -6.64. The van der Waals surface area contributed by atoms with Crippen molar-refractivity contribution in [3.05, 3.63) is 375 Å². The largest absolute Gasteiger partial charge is 1.00 e. The van der Waals surface area contributed by atoms with E-state index in [1.165, 1.54) is 89.3 Å². The molecule has 0 aliphatic heterocycles. The van der Waals surface area contributed by atoms with Crippen LogP contribution in [0.2, 0.25) is 0 Å². The maximum absolute atomic E-state index is 7.17. The van der Waals surface area contributed by atoms with Crippen molar-refractivity contribution in [2.75, 3.05) is 24.6 Å². The van der Waals surface area contributed by atoms with Crippen molar-refractivity contribution in [3.63, 3.8) is 0 Å². The van der Waals surface area contributed by atoms with Crippen LogP contribution >= 0.6 is 31.7 Å². The van der Waals surface area contributed by atoms with Gasteiger partial charge in [-0.3, -0.25) is 23.7 Å². The summed E-state index contributed by atoms with van der Waals surface area (Å²) in [5.41, 5.74) is 9.46. The van der Waals surface area contributed by atoms with Crippen LogP contribution in [0, 0.1) is 49.4 Å². The fourth-order valence-electron chi connectivity index (χ4n) is 11.7. The van der Waals surface area contributed by atoms with Crippen molar-refractivity contribution >= 4 is 96.1 Å². The summed E-state index contributed by atoms with van der Waals surface area (Å²) in [6.45, 7) is 0. The molecule has 1 aliphatic rings. The molecule has 94 heavy (non-hydrogen) atoms. The van der Waals surface area contributed by atoms with Crippen LogP contribution in [0.4, 0.5) is 0 Å². The number of hydrogen-bond acceptors (Lipinski definition) is 1. The predicted molar refractivity (Wildman–Crippen MR) is 395 cm³/mol. The number of rotatable bonds is 14. The van der Waals surface area contributed by atoms with Gasteiger partial charge < -0.3 is 30.1 Å². The van der Waals surface area contributed by atoms with E-state index in [-0.39, 0.29) is 89.5 Å². The Morgan fingerprint density at radius 2 is 0.543 bits per heavy atom. The van der Waals surface area contributed by atoms with E-state index in [9.17, 15) is 0 Å².